The van der Waals surface area contributed by atoms with Crippen molar-refractivity contribution in [1.82, 2.24) is 10.2 Å². The zero-order valence-electron chi connectivity index (χ0n) is 11.6. The Labute approximate surface area is 126 Å². The van der Waals surface area contributed by atoms with E-state index in [1.807, 2.05) is 6.92 Å². The third-order valence-corrected chi connectivity index (χ3v) is 4.27. The fourth-order valence-corrected chi connectivity index (χ4v) is 2.90. The summed E-state index contributed by atoms with van der Waals surface area (Å²) in [4.78, 5) is 26.0. The summed E-state index contributed by atoms with van der Waals surface area (Å²) >= 11 is 3.32. The van der Waals surface area contributed by atoms with Crippen LogP contribution in [0.25, 0.3) is 0 Å². The van der Waals surface area contributed by atoms with Crippen molar-refractivity contribution < 1.29 is 9.59 Å². The Hall–Kier alpha value is -1.56. The summed E-state index contributed by atoms with van der Waals surface area (Å²) in [6, 6.07) is 5.20. The van der Waals surface area contributed by atoms with E-state index in [-0.39, 0.29) is 11.8 Å². The lowest BCUT2D eigenvalue weighted by atomic mass is 9.89. The van der Waals surface area contributed by atoms with Crippen molar-refractivity contribution >= 4 is 33.4 Å². The van der Waals surface area contributed by atoms with Crippen molar-refractivity contribution in [2.75, 3.05) is 25.9 Å². The molecule has 20 heavy (non-hydrogen) atoms. The molecule has 0 saturated carbocycles. The molecule has 108 valence electrons. The molecule has 3 N–H and O–H groups in total. The number of rotatable bonds is 2. The van der Waals surface area contributed by atoms with Gasteiger partial charge in [0.2, 0.25) is 5.91 Å². The lowest BCUT2D eigenvalue weighted by molar-refractivity contribution is -0.128. The Balaban J connectivity index is 2.18. The number of amides is 2. The molecule has 0 spiro atoms. The summed E-state index contributed by atoms with van der Waals surface area (Å²) in [7, 11) is 1.62. The molecule has 1 saturated heterocycles. The number of hydrogen-bond donors (Lipinski definition) is 2. The second-order valence-electron chi connectivity index (χ2n) is 5.35. The molecule has 2 amide bonds. The van der Waals surface area contributed by atoms with Gasteiger partial charge in [0.05, 0.1) is 11.0 Å². The lowest BCUT2D eigenvalue weighted by Gasteiger charge is -2.23. The third-order valence-electron chi connectivity index (χ3n) is 3.78. The van der Waals surface area contributed by atoms with E-state index in [1.165, 1.54) is 0 Å². The van der Waals surface area contributed by atoms with Gasteiger partial charge in [-0.2, -0.15) is 0 Å². The number of hydrogen-bond acceptors (Lipinski definition) is 3. The third kappa shape index (κ3) is 2.65. The number of halogens is 1. The number of nitrogens with zero attached hydrogens (tertiary/aromatic N) is 1. The van der Waals surface area contributed by atoms with Crippen LogP contribution >= 0.6 is 15.9 Å². The number of likely N-dealkylation sites (tertiary alicyclic amines) is 1. The van der Waals surface area contributed by atoms with Gasteiger partial charge in [0.25, 0.3) is 5.91 Å². The molecule has 1 heterocycles. The minimum Gasteiger partial charge on any atom is -0.398 e. The lowest BCUT2D eigenvalue weighted by Crippen LogP contribution is -2.40. The molecule has 5 nitrogen and oxygen atoms in total. The Morgan fingerprint density at radius 2 is 2.15 bits per heavy atom. The van der Waals surface area contributed by atoms with Crippen LogP contribution in [0.1, 0.15) is 23.7 Å². The highest BCUT2D eigenvalue weighted by Crippen LogP contribution is 2.32. The highest BCUT2D eigenvalue weighted by Gasteiger charge is 2.41. The van der Waals surface area contributed by atoms with E-state index in [9.17, 15) is 9.59 Å². The molecule has 0 aliphatic carbocycles. The SMILES string of the molecule is CNC(=O)C1(C)CCN(C(=O)c2ccc(Br)cc2N)C1. The number of carbonyl (C=O) groups is 2. The summed E-state index contributed by atoms with van der Waals surface area (Å²) in [5.74, 6) is -0.154. The second kappa shape index (κ2) is 5.44. The summed E-state index contributed by atoms with van der Waals surface area (Å²) in [6.07, 6.45) is 0.662. The van der Waals surface area contributed by atoms with Crippen molar-refractivity contribution in [3.8, 4) is 0 Å². The fraction of sp³-hybridized carbons (Fsp3) is 0.429. The van der Waals surface area contributed by atoms with Gasteiger partial charge in [-0.25, -0.2) is 0 Å². The van der Waals surface area contributed by atoms with Crippen LogP contribution < -0.4 is 11.1 Å². The number of nitrogens with one attached hydrogen (secondary N) is 1. The Morgan fingerprint density at radius 1 is 1.45 bits per heavy atom. The molecular formula is C14H18BrN3O2. The summed E-state index contributed by atoms with van der Waals surface area (Å²) in [5, 5.41) is 2.66. The van der Waals surface area contributed by atoms with Crippen LogP contribution in [0.4, 0.5) is 5.69 Å². The van der Waals surface area contributed by atoms with E-state index in [2.05, 4.69) is 21.2 Å². The molecule has 1 aliphatic rings. The smallest absolute Gasteiger partial charge is 0.255 e. The monoisotopic (exact) mass is 339 g/mol. The molecule has 2 rings (SSSR count). The topological polar surface area (TPSA) is 75.4 Å². The van der Waals surface area contributed by atoms with Gasteiger partial charge >= 0.3 is 0 Å². The maximum Gasteiger partial charge on any atom is 0.255 e. The van der Waals surface area contributed by atoms with E-state index in [0.717, 1.165) is 4.47 Å². The average Bonchev–Trinajstić information content (AvgIpc) is 2.81. The number of benzene rings is 1. The normalized spacial score (nSPS) is 21.9. The molecule has 1 atom stereocenters. The van der Waals surface area contributed by atoms with Crippen LogP contribution in [0, 0.1) is 5.41 Å². The maximum absolute atomic E-state index is 12.5. The van der Waals surface area contributed by atoms with Crippen molar-refractivity contribution in [2.24, 2.45) is 5.41 Å². The first-order valence-corrected chi connectivity index (χ1v) is 7.23. The number of anilines is 1. The number of carbonyl (C=O) groups excluding carboxylic acids is 2. The molecule has 1 aromatic rings. The fourth-order valence-electron chi connectivity index (χ4n) is 2.52. The minimum absolute atomic E-state index is 0.0309. The van der Waals surface area contributed by atoms with Crippen molar-refractivity contribution in [3.63, 3.8) is 0 Å². The van der Waals surface area contributed by atoms with Gasteiger partial charge in [0, 0.05) is 30.3 Å². The van der Waals surface area contributed by atoms with E-state index in [0.29, 0.717) is 30.8 Å². The highest BCUT2D eigenvalue weighted by atomic mass is 79.9. The van der Waals surface area contributed by atoms with Gasteiger partial charge in [-0.3, -0.25) is 9.59 Å². The van der Waals surface area contributed by atoms with Crippen molar-refractivity contribution in [1.29, 1.82) is 0 Å². The first kappa shape index (κ1) is 14.8. The van der Waals surface area contributed by atoms with E-state index in [4.69, 9.17) is 5.73 Å². The van der Waals surface area contributed by atoms with Gasteiger partial charge in [-0.05, 0) is 31.5 Å². The molecule has 6 heteroatoms. The van der Waals surface area contributed by atoms with Crippen molar-refractivity contribution in [2.45, 2.75) is 13.3 Å². The quantitative estimate of drug-likeness (QED) is 0.804. The van der Waals surface area contributed by atoms with Crippen LogP contribution in [0.5, 0.6) is 0 Å². The first-order chi connectivity index (χ1) is 9.37. The zero-order valence-corrected chi connectivity index (χ0v) is 13.2. The summed E-state index contributed by atoms with van der Waals surface area (Å²) < 4.78 is 0.836. The van der Waals surface area contributed by atoms with Gasteiger partial charge in [0.15, 0.2) is 0 Å². The maximum atomic E-state index is 12.5. The van der Waals surface area contributed by atoms with E-state index < -0.39 is 5.41 Å². The van der Waals surface area contributed by atoms with Crippen LogP contribution in [-0.2, 0) is 4.79 Å². The molecule has 1 aromatic carbocycles. The predicted molar refractivity (Wildman–Crippen MR) is 81.2 cm³/mol. The van der Waals surface area contributed by atoms with Crippen LogP contribution in [0.3, 0.4) is 0 Å². The predicted octanol–water partition coefficient (Wildman–Crippen LogP) is 1.63. The molecule has 0 bridgehead atoms. The number of nitrogens with two attached hydrogens (primary N) is 1. The van der Waals surface area contributed by atoms with E-state index in [1.54, 1.807) is 30.1 Å². The van der Waals surface area contributed by atoms with Crippen LogP contribution in [-0.4, -0.2) is 36.9 Å². The van der Waals surface area contributed by atoms with Gasteiger partial charge in [-0.15, -0.1) is 0 Å². The van der Waals surface area contributed by atoms with Crippen molar-refractivity contribution in [3.05, 3.63) is 28.2 Å². The molecule has 1 unspecified atom stereocenters. The van der Waals surface area contributed by atoms with Gasteiger partial charge in [-0.1, -0.05) is 15.9 Å². The van der Waals surface area contributed by atoms with E-state index >= 15 is 0 Å². The average molecular weight is 340 g/mol. The summed E-state index contributed by atoms with van der Waals surface area (Å²) in [6.45, 7) is 2.86. The first-order valence-electron chi connectivity index (χ1n) is 6.44. The largest absolute Gasteiger partial charge is 0.398 e. The van der Waals surface area contributed by atoms with Crippen LogP contribution in [0.2, 0.25) is 0 Å². The minimum atomic E-state index is -0.519. The second-order valence-corrected chi connectivity index (χ2v) is 6.26. The Morgan fingerprint density at radius 3 is 2.75 bits per heavy atom. The Bertz CT molecular complexity index is 561. The zero-order chi connectivity index (χ0) is 14.9. The van der Waals surface area contributed by atoms with Gasteiger partial charge < -0.3 is 16.0 Å². The summed E-state index contributed by atoms with van der Waals surface area (Å²) in [5.41, 5.74) is 6.29. The highest BCUT2D eigenvalue weighted by molar-refractivity contribution is 9.10. The molecule has 1 aliphatic heterocycles. The molecule has 0 aromatic heterocycles. The molecule has 0 radical (unpaired) electrons. The molecule has 1 fully saturated rings. The number of nitrogen functional groups attached to an aromatic ring is 1. The Kier molecular flexibility index (Phi) is 4.04. The van der Waals surface area contributed by atoms with Crippen LogP contribution in [0.15, 0.2) is 22.7 Å². The standard InChI is InChI=1S/C14H18BrN3O2/c1-14(13(20)17-2)5-6-18(8-14)12(19)10-4-3-9(15)7-11(10)16/h3-4,7H,5-6,8,16H2,1-2H3,(H,17,20). The van der Waals surface area contributed by atoms with Gasteiger partial charge in [0.1, 0.15) is 0 Å². The molecular weight excluding hydrogens is 322 g/mol.